The number of hydrogen-bond acceptors (Lipinski definition) is 2. The molecule has 0 radical (unpaired) electrons. The van der Waals surface area contributed by atoms with Crippen LogP contribution in [0.1, 0.15) is 23.7 Å². The van der Waals surface area contributed by atoms with Gasteiger partial charge in [0.15, 0.2) is 5.78 Å². The van der Waals surface area contributed by atoms with Gasteiger partial charge >= 0.3 is 0 Å². The third kappa shape index (κ3) is 2.35. The predicted octanol–water partition coefficient (Wildman–Crippen LogP) is 3.42. The SMILES string of the molecule is CC(=O)c1ccc(N2CC=CCC2)cc1Br. The average Bonchev–Trinajstić information content (AvgIpc) is 2.29. The van der Waals surface area contributed by atoms with Crippen molar-refractivity contribution < 1.29 is 4.79 Å². The normalized spacial score (nSPS) is 15.2. The number of rotatable bonds is 2. The highest BCUT2D eigenvalue weighted by atomic mass is 79.9. The zero-order chi connectivity index (χ0) is 11.5. The summed E-state index contributed by atoms with van der Waals surface area (Å²) in [4.78, 5) is 13.6. The van der Waals surface area contributed by atoms with E-state index in [0.29, 0.717) is 0 Å². The fourth-order valence-corrected chi connectivity index (χ4v) is 2.51. The molecule has 1 heterocycles. The van der Waals surface area contributed by atoms with Crippen LogP contribution < -0.4 is 4.90 Å². The largest absolute Gasteiger partial charge is 0.367 e. The molecule has 0 saturated heterocycles. The van der Waals surface area contributed by atoms with Gasteiger partial charge in [-0.15, -0.1) is 0 Å². The Labute approximate surface area is 104 Å². The Hall–Kier alpha value is -1.09. The number of halogens is 1. The molecule has 2 rings (SSSR count). The summed E-state index contributed by atoms with van der Waals surface area (Å²) in [5, 5.41) is 0. The molecule has 1 aromatic rings. The van der Waals surface area contributed by atoms with Crippen molar-refractivity contribution in [2.45, 2.75) is 13.3 Å². The van der Waals surface area contributed by atoms with E-state index in [2.05, 4.69) is 33.0 Å². The van der Waals surface area contributed by atoms with Crippen LogP contribution in [0, 0.1) is 0 Å². The van der Waals surface area contributed by atoms with Gasteiger partial charge in [0.1, 0.15) is 0 Å². The molecule has 3 heteroatoms. The molecule has 0 spiro atoms. The maximum absolute atomic E-state index is 11.3. The van der Waals surface area contributed by atoms with Crippen LogP contribution in [0.5, 0.6) is 0 Å². The fraction of sp³-hybridized carbons (Fsp3) is 0.308. The molecule has 1 aromatic carbocycles. The number of Topliss-reactive ketones (excluding diaryl/α,β-unsaturated/α-hetero) is 1. The van der Waals surface area contributed by atoms with Crippen molar-refractivity contribution in [3.05, 3.63) is 40.4 Å². The molecule has 16 heavy (non-hydrogen) atoms. The fourth-order valence-electron chi connectivity index (χ4n) is 1.86. The third-order valence-corrected chi connectivity index (χ3v) is 3.41. The minimum Gasteiger partial charge on any atom is -0.367 e. The number of carbonyl (C=O) groups is 1. The molecule has 0 aromatic heterocycles. The maximum atomic E-state index is 11.3. The maximum Gasteiger partial charge on any atom is 0.160 e. The lowest BCUT2D eigenvalue weighted by molar-refractivity contribution is 0.101. The average molecular weight is 280 g/mol. The highest BCUT2D eigenvalue weighted by Crippen LogP contribution is 2.25. The van der Waals surface area contributed by atoms with Crippen molar-refractivity contribution in [2.75, 3.05) is 18.0 Å². The Balaban J connectivity index is 2.26. The van der Waals surface area contributed by atoms with Gasteiger partial charge in [-0.25, -0.2) is 0 Å². The van der Waals surface area contributed by atoms with Crippen molar-refractivity contribution >= 4 is 27.4 Å². The minimum absolute atomic E-state index is 0.0944. The van der Waals surface area contributed by atoms with Crippen LogP contribution in [-0.2, 0) is 0 Å². The second kappa shape index (κ2) is 4.83. The third-order valence-electron chi connectivity index (χ3n) is 2.76. The number of benzene rings is 1. The molecule has 0 aliphatic carbocycles. The molecule has 1 aliphatic heterocycles. The lowest BCUT2D eigenvalue weighted by Gasteiger charge is -2.26. The summed E-state index contributed by atoms with van der Waals surface area (Å²) < 4.78 is 0.882. The van der Waals surface area contributed by atoms with Crippen LogP contribution in [0.4, 0.5) is 5.69 Å². The van der Waals surface area contributed by atoms with E-state index < -0.39 is 0 Å². The Morgan fingerprint density at radius 2 is 2.19 bits per heavy atom. The van der Waals surface area contributed by atoms with Gasteiger partial charge in [0.25, 0.3) is 0 Å². The molecule has 0 N–H and O–H groups in total. The zero-order valence-electron chi connectivity index (χ0n) is 9.24. The minimum atomic E-state index is 0.0944. The summed E-state index contributed by atoms with van der Waals surface area (Å²) >= 11 is 3.45. The first kappa shape index (κ1) is 11.4. The van der Waals surface area contributed by atoms with Crippen LogP contribution in [-0.4, -0.2) is 18.9 Å². The summed E-state index contributed by atoms with van der Waals surface area (Å²) in [6, 6.07) is 5.93. The van der Waals surface area contributed by atoms with E-state index in [1.54, 1.807) is 6.92 Å². The van der Waals surface area contributed by atoms with Gasteiger partial charge < -0.3 is 4.90 Å². The van der Waals surface area contributed by atoms with Crippen LogP contribution >= 0.6 is 15.9 Å². The number of anilines is 1. The Morgan fingerprint density at radius 1 is 1.38 bits per heavy atom. The first-order valence-corrected chi connectivity index (χ1v) is 6.18. The van der Waals surface area contributed by atoms with Crippen molar-refractivity contribution in [2.24, 2.45) is 0 Å². The molecule has 2 nitrogen and oxygen atoms in total. The van der Waals surface area contributed by atoms with Gasteiger partial charge in [-0.1, -0.05) is 12.2 Å². The first-order valence-electron chi connectivity index (χ1n) is 5.39. The summed E-state index contributed by atoms with van der Waals surface area (Å²) in [6.45, 7) is 3.58. The standard InChI is InChI=1S/C13H14BrNO/c1-10(16)12-6-5-11(9-13(12)14)15-7-3-2-4-8-15/h2-3,5-6,9H,4,7-8H2,1H3. The molecule has 0 saturated carbocycles. The lowest BCUT2D eigenvalue weighted by Crippen LogP contribution is -2.26. The molecule has 84 valence electrons. The van der Waals surface area contributed by atoms with Gasteiger partial charge in [0.2, 0.25) is 0 Å². The monoisotopic (exact) mass is 279 g/mol. The van der Waals surface area contributed by atoms with E-state index in [4.69, 9.17) is 0 Å². The molecule has 0 unspecified atom stereocenters. The van der Waals surface area contributed by atoms with Gasteiger partial charge in [0.05, 0.1) is 0 Å². The van der Waals surface area contributed by atoms with Crippen molar-refractivity contribution in [3.63, 3.8) is 0 Å². The second-order valence-corrected chi connectivity index (χ2v) is 4.78. The van der Waals surface area contributed by atoms with Crippen molar-refractivity contribution in [1.29, 1.82) is 0 Å². The number of ketones is 1. The summed E-state index contributed by atoms with van der Waals surface area (Å²) in [5.41, 5.74) is 1.91. The van der Waals surface area contributed by atoms with E-state index in [1.165, 1.54) is 5.69 Å². The highest BCUT2D eigenvalue weighted by molar-refractivity contribution is 9.10. The molecular formula is C13H14BrNO. The molecule has 0 bridgehead atoms. The van der Waals surface area contributed by atoms with Crippen molar-refractivity contribution in [1.82, 2.24) is 0 Å². The van der Waals surface area contributed by atoms with Crippen LogP contribution in [0.3, 0.4) is 0 Å². The highest BCUT2D eigenvalue weighted by Gasteiger charge is 2.10. The van der Waals surface area contributed by atoms with Gasteiger partial charge in [-0.3, -0.25) is 4.79 Å². The second-order valence-electron chi connectivity index (χ2n) is 3.93. The quantitative estimate of drug-likeness (QED) is 0.611. The van der Waals surface area contributed by atoms with E-state index >= 15 is 0 Å². The van der Waals surface area contributed by atoms with Gasteiger partial charge in [-0.05, 0) is 47.5 Å². The van der Waals surface area contributed by atoms with Crippen molar-refractivity contribution in [3.8, 4) is 0 Å². The zero-order valence-corrected chi connectivity index (χ0v) is 10.8. The van der Waals surface area contributed by atoms with Gasteiger partial charge in [0, 0.05) is 28.8 Å². The van der Waals surface area contributed by atoms with Gasteiger partial charge in [-0.2, -0.15) is 0 Å². The van der Waals surface area contributed by atoms with E-state index in [-0.39, 0.29) is 5.78 Å². The summed E-state index contributed by atoms with van der Waals surface area (Å²) in [5.74, 6) is 0.0944. The molecule has 1 aliphatic rings. The number of nitrogens with zero attached hydrogens (tertiary/aromatic N) is 1. The topological polar surface area (TPSA) is 20.3 Å². The van der Waals surface area contributed by atoms with Crippen LogP contribution in [0.15, 0.2) is 34.8 Å². The Morgan fingerprint density at radius 3 is 2.75 bits per heavy atom. The molecular weight excluding hydrogens is 266 g/mol. The lowest BCUT2D eigenvalue weighted by atomic mass is 10.1. The molecule has 0 fully saturated rings. The Kier molecular flexibility index (Phi) is 3.44. The summed E-state index contributed by atoms with van der Waals surface area (Å²) in [7, 11) is 0. The van der Waals surface area contributed by atoms with E-state index in [9.17, 15) is 4.79 Å². The summed E-state index contributed by atoms with van der Waals surface area (Å²) in [6.07, 6.45) is 5.47. The van der Waals surface area contributed by atoms with Crippen LogP contribution in [0.2, 0.25) is 0 Å². The number of hydrogen-bond donors (Lipinski definition) is 0. The molecule has 0 atom stereocenters. The predicted molar refractivity (Wildman–Crippen MR) is 70.1 cm³/mol. The smallest absolute Gasteiger partial charge is 0.160 e. The van der Waals surface area contributed by atoms with E-state index in [0.717, 1.165) is 29.5 Å². The number of carbonyl (C=O) groups excluding carboxylic acids is 1. The molecule has 0 amide bonds. The first-order chi connectivity index (χ1) is 7.68. The van der Waals surface area contributed by atoms with Crippen LogP contribution in [0.25, 0.3) is 0 Å². The van der Waals surface area contributed by atoms with E-state index in [1.807, 2.05) is 18.2 Å². The Bertz CT molecular complexity index is 440.